The first-order valence-electron chi connectivity index (χ1n) is 9.20. The highest BCUT2D eigenvalue weighted by Crippen LogP contribution is 2.33. The fraction of sp³-hybridized carbons (Fsp3) is 0.0400. The number of nitrogens with zero attached hydrogens (tertiary/aromatic N) is 1. The smallest absolute Gasteiger partial charge is 0.200 e. The molecule has 142 valence electrons. The van der Waals surface area contributed by atoms with Crippen LogP contribution in [0.25, 0.3) is 22.1 Å². The third kappa shape index (κ3) is 3.71. The van der Waals surface area contributed by atoms with Crippen LogP contribution < -0.4 is 0 Å². The van der Waals surface area contributed by atoms with Gasteiger partial charge < -0.3 is 5.11 Å². The van der Waals surface area contributed by atoms with Crippen LogP contribution in [0.4, 0.5) is 0 Å². The summed E-state index contributed by atoms with van der Waals surface area (Å²) < 4.78 is 0.666. The minimum atomic E-state index is -0.292. The molecule has 0 bridgehead atoms. The molecule has 4 heteroatoms. The average molecular weight is 444 g/mol. The molecule has 0 saturated carbocycles. The van der Waals surface area contributed by atoms with Gasteiger partial charge in [0.15, 0.2) is 5.78 Å². The van der Waals surface area contributed by atoms with E-state index in [-0.39, 0.29) is 17.1 Å². The zero-order valence-electron chi connectivity index (χ0n) is 15.8. The van der Waals surface area contributed by atoms with Gasteiger partial charge in [0.2, 0.25) is 0 Å². The lowest BCUT2D eigenvalue weighted by Crippen LogP contribution is -2.09. The Kier molecular flexibility index (Phi) is 5.28. The van der Waals surface area contributed by atoms with Crippen molar-refractivity contribution in [1.82, 2.24) is 4.98 Å². The first-order valence-corrected chi connectivity index (χ1v) is 9.99. The SMILES string of the molecule is Cc1ccc(/C(O)=C(\C(=O)c2ccccc2Br)c2nccc3ccccc23)cc1. The van der Waals surface area contributed by atoms with Gasteiger partial charge in [-0.05, 0) is 30.5 Å². The predicted molar refractivity (Wildman–Crippen MR) is 121 cm³/mol. The Morgan fingerprint density at radius 3 is 2.34 bits per heavy atom. The molecule has 3 nitrogen and oxygen atoms in total. The largest absolute Gasteiger partial charge is 0.506 e. The number of pyridine rings is 1. The van der Waals surface area contributed by atoms with Gasteiger partial charge in [0, 0.05) is 27.2 Å². The van der Waals surface area contributed by atoms with E-state index in [4.69, 9.17) is 0 Å². The van der Waals surface area contributed by atoms with Crippen molar-refractivity contribution in [2.24, 2.45) is 0 Å². The third-order valence-corrected chi connectivity index (χ3v) is 5.51. The molecule has 29 heavy (non-hydrogen) atoms. The molecule has 0 aliphatic rings. The minimum Gasteiger partial charge on any atom is -0.506 e. The van der Waals surface area contributed by atoms with Gasteiger partial charge in [-0.25, -0.2) is 0 Å². The molecule has 1 N–H and O–H groups in total. The van der Waals surface area contributed by atoms with Crippen LogP contribution in [0.1, 0.15) is 27.2 Å². The first kappa shape index (κ1) is 19.1. The molecule has 4 rings (SSSR count). The Bertz CT molecular complexity index is 1240. The number of carbonyl (C=O) groups excluding carboxylic acids is 1. The maximum Gasteiger partial charge on any atom is 0.200 e. The molecule has 0 unspecified atom stereocenters. The van der Waals surface area contributed by atoms with Crippen molar-refractivity contribution in [2.45, 2.75) is 6.92 Å². The van der Waals surface area contributed by atoms with Crippen LogP contribution in [0.5, 0.6) is 0 Å². The van der Waals surface area contributed by atoms with Gasteiger partial charge in [-0.3, -0.25) is 9.78 Å². The number of Topliss-reactive ketones (excluding diaryl/α,β-unsaturated/α-hetero) is 1. The lowest BCUT2D eigenvalue weighted by molar-refractivity contribution is 0.105. The Labute approximate surface area is 177 Å². The molecular formula is C25H18BrNO2. The molecule has 0 atom stereocenters. The van der Waals surface area contributed by atoms with Crippen molar-refractivity contribution >= 4 is 43.8 Å². The number of aromatic nitrogens is 1. The zero-order valence-corrected chi connectivity index (χ0v) is 17.3. The maximum atomic E-state index is 13.6. The van der Waals surface area contributed by atoms with Crippen molar-refractivity contribution in [3.63, 3.8) is 0 Å². The number of hydrogen-bond acceptors (Lipinski definition) is 3. The fourth-order valence-electron chi connectivity index (χ4n) is 3.28. The summed E-state index contributed by atoms with van der Waals surface area (Å²) in [7, 11) is 0. The molecule has 1 aromatic heterocycles. The number of fused-ring (bicyclic) bond motifs is 1. The Balaban J connectivity index is 2.02. The summed E-state index contributed by atoms with van der Waals surface area (Å²) in [5, 5.41) is 13.0. The third-order valence-electron chi connectivity index (χ3n) is 4.82. The summed E-state index contributed by atoms with van der Waals surface area (Å²) in [6, 6.07) is 24.2. The average Bonchev–Trinajstić information content (AvgIpc) is 2.75. The number of aliphatic hydroxyl groups is 1. The molecule has 0 aliphatic heterocycles. The monoisotopic (exact) mass is 443 g/mol. The fourth-order valence-corrected chi connectivity index (χ4v) is 3.75. The van der Waals surface area contributed by atoms with E-state index in [0.717, 1.165) is 16.3 Å². The number of rotatable bonds is 4. The molecular weight excluding hydrogens is 426 g/mol. The first-order chi connectivity index (χ1) is 14.1. The molecule has 0 radical (unpaired) electrons. The van der Waals surface area contributed by atoms with Gasteiger partial charge >= 0.3 is 0 Å². The maximum absolute atomic E-state index is 13.6. The van der Waals surface area contributed by atoms with Gasteiger partial charge in [-0.15, -0.1) is 0 Å². The Hall–Kier alpha value is -3.24. The number of halogens is 1. The molecule has 4 aromatic rings. The number of carbonyl (C=O) groups is 1. The topological polar surface area (TPSA) is 50.2 Å². The highest BCUT2D eigenvalue weighted by molar-refractivity contribution is 9.10. The molecule has 0 amide bonds. The van der Waals surface area contributed by atoms with Crippen LogP contribution in [0, 0.1) is 6.92 Å². The summed E-state index contributed by atoms with van der Waals surface area (Å²) in [6.45, 7) is 1.98. The van der Waals surface area contributed by atoms with Crippen molar-refractivity contribution in [3.8, 4) is 0 Å². The van der Waals surface area contributed by atoms with Crippen LogP contribution in [-0.4, -0.2) is 15.9 Å². The Morgan fingerprint density at radius 1 is 0.897 bits per heavy atom. The van der Waals surface area contributed by atoms with Crippen molar-refractivity contribution < 1.29 is 9.90 Å². The van der Waals surface area contributed by atoms with Crippen LogP contribution in [0.15, 0.2) is 89.5 Å². The van der Waals surface area contributed by atoms with Gasteiger partial charge in [-0.2, -0.15) is 0 Å². The van der Waals surface area contributed by atoms with Gasteiger partial charge in [0.05, 0.1) is 11.3 Å². The lowest BCUT2D eigenvalue weighted by atomic mass is 9.93. The summed E-state index contributed by atoms with van der Waals surface area (Å²) in [5.74, 6) is -0.381. The van der Waals surface area contributed by atoms with Gasteiger partial charge in [-0.1, -0.05) is 82.2 Å². The van der Waals surface area contributed by atoms with E-state index < -0.39 is 0 Å². The van der Waals surface area contributed by atoms with Crippen LogP contribution in [0.3, 0.4) is 0 Å². The normalized spacial score (nSPS) is 11.9. The number of hydrogen-bond donors (Lipinski definition) is 1. The van der Waals surface area contributed by atoms with E-state index in [1.807, 2.05) is 73.7 Å². The van der Waals surface area contributed by atoms with Crippen LogP contribution in [-0.2, 0) is 0 Å². The van der Waals surface area contributed by atoms with Gasteiger partial charge in [0.1, 0.15) is 5.76 Å². The quantitative estimate of drug-likeness (QED) is 0.219. The van der Waals surface area contributed by atoms with E-state index in [9.17, 15) is 9.90 Å². The van der Waals surface area contributed by atoms with E-state index in [1.54, 1.807) is 18.3 Å². The molecule has 0 aliphatic carbocycles. The Morgan fingerprint density at radius 2 is 1.59 bits per heavy atom. The minimum absolute atomic E-state index is 0.0883. The predicted octanol–water partition coefficient (Wildman–Crippen LogP) is 6.61. The van der Waals surface area contributed by atoms with E-state index in [2.05, 4.69) is 20.9 Å². The number of aryl methyl sites for hydroxylation is 1. The highest BCUT2D eigenvalue weighted by Gasteiger charge is 2.24. The lowest BCUT2D eigenvalue weighted by Gasteiger charge is -2.13. The second-order valence-corrected chi connectivity index (χ2v) is 7.63. The number of allylic oxidation sites excluding steroid dienone is 1. The number of ketones is 1. The molecule has 0 spiro atoms. The van der Waals surface area contributed by atoms with Crippen molar-refractivity contribution in [3.05, 3.63) is 112 Å². The standard InChI is InChI=1S/C25H18BrNO2/c1-16-10-12-18(13-11-16)24(28)22(25(29)20-8-4-5-9-21(20)26)23-19-7-3-2-6-17(19)14-15-27-23/h2-15,28H,1H3/b24-22+. The number of aliphatic hydroxyl groups excluding tert-OH is 1. The summed E-state index contributed by atoms with van der Waals surface area (Å²) >= 11 is 3.46. The number of benzene rings is 3. The summed E-state index contributed by atoms with van der Waals surface area (Å²) in [5.41, 5.74) is 2.75. The zero-order chi connectivity index (χ0) is 20.4. The second kappa shape index (κ2) is 8.02. The van der Waals surface area contributed by atoms with E-state index >= 15 is 0 Å². The molecule has 1 heterocycles. The molecule has 0 fully saturated rings. The molecule has 0 saturated heterocycles. The van der Waals surface area contributed by atoms with Crippen molar-refractivity contribution in [1.29, 1.82) is 0 Å². The van der Waals surface area contributed by atoms with Crippen LogP contribution >= 0.6 is 15.9 Å². The van der Waals surface area contributed by atoms with E-state index in [1.165, 1.54) is 0 Å². The van der Waals surface area contributed by atoms with Crippen molar-refractivity contribution in [2.75, 3.05) is 0 Å². The second-order valence-electron chi connectivity index (χ2n) is 6.78. The molecule has 3 aromatic carbocycles. The summed E-state index contributed by atoms with van der Waals surface area (Å²) in [4.78, 5) is 18.1. The van der Waals surface area contributed by atoms with Crippen LogP contribution in [0.2, 0.25) is 0 Å². The van der Waals surface area contributed by atoms with E-state index in [0.29, 0.717) is 21.3 Å². The summed E-state index contributed by atoms with van der Waals surface area (Å²) in [6.07, 6.45) is 1.66. The van der Waals surface area contributed by atoms with Gasteiger partial charge in [0.25, 0.3) is 0 Å². The highest BCUT2D eigenvalue weighted by atomic mass is 79.9.